The van der Waals surface area contributed by atoms with Gasteiger partial charge in [-0.1, -0.05) is 24.3 Å². The van der Waals surface area contributed by atoms with Crippen molar-refractivity contribution in [1.29, 1.82) is 0 Å². The zero-order valence-electron chi connectivity index (χ0n) is 15.6. The van der Waals surface area contributed by atoms with Gasteiger partial charge < -0.3 is 9.15 Å². The molecule has 2 saturated heterocycles. The fourth-order valence-corrected chi connectivity index (χ4v) is 3.97. The van der Waals surface area contributed by atoms with Gasteiger partial charge in [0.25, 0.3) is 5.91 Å². The van der Waals surface area contributed by atoms with Gasteiger partial charge in [0.05, 0.1) is 24.7 Å². The second-order valence-electron chi connectivity index (χ2n) is 6.89. The minimum absolute atomic E-state index is 0.326. The number of anilines is 2. The zero-order valence-corrected chi connectivity index (χ0v) is 15.6. The Balaban J connectivity index is 1.56. The Morgan fingerprint density at radius 3 is 2.41 bits per heavy atom. The summed E-state index contributed by atoms with van der Waals surface area (Å²) in [5, 5.41) is 1.60. The van der Waals surface area contributed by atoms with Gasteiger partial charge >= 0.3 is 0 Å². The maximum Gasteiger partial charge on any atom is 0.266 e. The Hall–Kier alpha value is -3.58. The monoisotopic (exact) mass is 390 g/mol. The van der Waals surface area contributed by atoms with Crippen molar-refractivity contribution < 1.29 is 23.6 Å². The normalized spacial score (nSPS) is 23.6. The summed E-state index contributed by atoms with van der Waals surface area (Å²) in [6.45, 7) is 0. The highest BCUT2D eigenvalue weighted by atomic mass is 16.7. The average Bonchev–Trinajstić information content (AvgIpc) is 3.46. The van der Waals surface area contributed by atoms with Gasteiger partial charge in [-0.15, -0.1) is 0 Å². The lowest BCUT2D eigenvalue weighted by molar-refractivity contribution is -0.126. The molecule has 29 heavy (non-hydrogen) atoms. The summed E-state index contributed by atoms with van der Waals surface area (Å²) in [7, 11) is 1.54. The van der Waals surface area contributed by atoms with E-state index in [0.717, 1.165) is 5.69 Å². The molecule has 0 aliphatic carbocycles. The second-order valence-corrected chi connectivity index (χ2v) is 6.89. The SMILES string of the molecule is COc1cccc(N2C(=O)[C@H]3[C@@H](c4ccco4)N(c4ccccc4)O[C@H]3C2=O)c1. The number of methoxy groups -OCH3 is 1. The summed E-state index contributed by atoms with van der Waals surface area (Å²) >= 11 is 0. The first kappa shape index (κ1) is 17.5. The minimum atomic E-state index is -0.927. The molecule has 1 aromatic heterocycles. The van der Waals surface area contributed by atoms with Crippen LogP contribution in [0.15, 0.2) is 77.4 Å². The maximum absolute atomic E-state index is 13.4. The molecule has 3 aromatic rings. The van der Waals surface area contributed by atoms with Crippen LogP contribution in [0.3, 0.4) is 0 Å². The van der Waals surface area contributed by atoms with E-state index in [0.29, 0.717) is 17.2 Å². The summed E-state index contributed by atoms with van der Waals surface area (Å²) < 4.78 is 10.8. The summed E-state index contributed by atoms with van der Waals surface area (Å²) in [6.07, 6.45) is 0.622. The molecule has 0 radical (unpaired) electrons. The number of para-hydroxylation sites is 1. The van der Waals surface area contributed by atoms with Crippen LogP contribution in [0.1, 0.15) is 11.8 Å². The van der Waals surface area contributed by atoms with E-state index in [9.17, 15) is 9.59 Å². The van der Waals surface area contributed by atoms with Gasteiger partial charge in [0.1, 0.15) is 23.5 Å². The van der Waals surface area contributed by atoms with Crippen LogP contribution in [-0.4, -0.2) is 25.0 Å². The summed E-state index contributed by atoms with van der Waals surface area (Å²) in [5.74, 6) is -0.319. The third-order valence-electron chi connectivity index (χ3n) is 5.27. The van der Waals surface area contributed by atoms with Gasteiger partial charge in [0, 0.05) is 6.07 Å². The number of hydrogen-bond acceptors (Lipinski definition) is 6. The number of imide groups is 1. The molecule has 0 bridgehead atoms. The largest absolute Gasteiger partial charge is 0.497 e. The standard InChI is InChI=1S/C22H18N2O5/c1-27-16-10-5-9-15(13-16)23-21(25)18-19(17-11-6-12-28-17)24(29-20(18)22(23)26)14-7-3-2-4-8-14/h2-13,18-20H,1H3/t18-,19+,20+/m0/s1. The quantitative estimate of drug-likeness (QED) is 0.637. The molecule has 0 unspecified atom stereocenters. The fourth-order valence-electron chi connectivity index (χ4n) is 3.97. The molecule has 2 aliphatic heterocycles. The lowest BCUT2D eigenvalue weighted by Gasteiger charge is -2.27. The number of carbonyl (C=O) groups excluding carboxylic acids is 2. The van der Waals surface area contributed by atoms with E-state index < -0.39 is 24.0 Å². The fraction of sp³-hybridized carbons (Fsp3) is 0.182. The average molecular weight is 390 g/mol. The molecule has 0 N–H and O–H groups in total. The van der Waals surface area contributed by atoms with E-state index in [1.165, 1.54) is 12.0 Å². The highest BCUT2D eigenvalue weighted by Gasteiger charge is 2.61. The number of furan rings is 1. The molecule has 7 heteroatoms. The molecule has 3 atom stereocenters. The number of rotatable bonds is 4. The van der Waals surface area contributed by atoms with Crippen LogP contribution < -0.4 is 14.7 Å². The van der Waals surface area contributed by atoms with Crippen molar-refractivity contribution in [2.45, 2.75) is 12.1 Å². The van der Waals surface area contributed by atoms with Gasteiger partial charge in [0.15, 0.2) is 6.10 Å². The highest BCUT2D eigenvalue weighted by Crippen LogP contribution is 2.47. The Morgan fingerprint density at radius 1 is 0.897 bits per heavy atom. The molecule has 2 aliphatic rings. The predicted molar refractivity (Wildman–Crippen MR) is 104 cm³/mol. The Kier molecular flexibility index (Phi) is 4.10. The molecule has 3 heterocycles. The summed E-state index contributed by atoms with van der Waals surface area (Å²) in [4.78, 5) is 33.8. The number of ether oxygens (including phenoxy) is 1. The van der Waals surface area contributed by atoms with Crippen molar-refractivity contribution >= 4 is 23.2 Å². The second kappa shape index (κ2) is 6.79. The van der Waals surface area contributed by atoms with E-state index in [1.807, 2.05) is 30.3 Å². The Labute approximate surface area is 167 Å². The van der Waals surface area contributed by atoms with Crippen LogP contribution in [0, 0.1) is 5.92 Å². The van der Waals surface area contributed by atoms with E-state index in [2.05, 4.69) is 0 Å². The van der Waals surface area contributed by atoms with Gasteiger partial charge in [-0.05, 0) is 36.4 Å². The first-order valence-corrected chi connectivity index (χ1v) is 9.25. The zero-order chi connectivity index (χ0) is 20.0. The van der Waals surface area contributed by atoms with Crippen molar-refractivity contribution in [3.8, 4) is 5.75 Å². The number of amides is 2. The summed E-state index contributed by atoms with van der Waals surface area (Å²) in [6, 6.07) is 19.2. The van der Waals surface area contributed by atoms with E-state index in [1.54, 1.807) is 47.7 Å². The van der Waals surface area contributed by atoms with Crippen molar-refractivity contribution in [3.05, 3.63) is 78.8 Å². The predicted octanol–water partition coefficient (Wildman–Crippen LogP) is 3.34. The first-order valence-electron chi connectivity index (χ1n) is 9.25. The van der Waals surface area contributed by atoms with Crippen LogP contribution in [-0.2, 0) is 14.4 Å². The number of hydrogen-bond donors (Lipinski definition) is 0. The van der Waals surface area contributed by atoms with Gasteiger partial charge in [-0.2, -0.15) is 0 Å². The topological polar surface area (TPSA) is 72.2 Å². The van der Waals surface area contributed by atoms with Crippen LogP contribution in [0.25, 0.3) is 0 Å². The van der Waals surface area contributed by atoms with Crippen LogP contribution >= 0.6 is 0 Å². The van der Waals surface area contributed by atoms with Crippen molar-refractivity contribution in [2.75, 3.05) is 17.1 Å². The van der Waals surface area contributed by atoms with Crippen LogP contribution in [0.2, 0.25) is 0 Å². The van der Waals surface area contributed by atoms with E-state index >= 15 is 0 Å². The van der Waals surface area contributed by atoms with E-state index in [-0.39, 0.29) is 5.91 Å². The molecule has 0 saturated carbocycles. The third kappa shape index (κ3) is 2.70. The molecule has 2 fully saturated rings. The smallest absolute Gasteiger partial charge is 0.266 e. The number of fused-ring (bicyclic) bond motifs is 1. The van der Waals surface area contributed by atoms with Crippen LogP contribution in [0.4, 0.5) is 11.4 Å². The Bertz CT molecular complexity index is 1050. The number of carbonyl (C=O) groups is 2. The van der Waals surface area contributed by atoms with E-state index in [4.69, 9.17) is 14.0 Å². The van der Waals surface area contributed by atoms with Crippen molar-refractivity contribution in [1.82, 2.24) is 0 Å². The third-order valence-corrected chi connectivity index (χ3v) is 5.27. The molecule has 2 aromatic carbocycles. The molecule has 7 nitrogen and oxygen atoms in total. The first-order chi connectivity index (χ1) is 14.2. The van der Waals surface area contributed by atoms with Crippen molar-refractivity contribution in [3.63, 3.8) is 0 Å². The molecular weight excluding hydrogens is 372 g/mol. The lowest BCUT2D eigenvalue weighted by atomic mass is 9.94. The number of nitrogens with zero attached hydrogens (tertiary/aromatic N) is 2. The molecule has 2 amide bonds. The molecule has 146 valence electrons. The van der Waals surface area contributed by atoms with Gasteiger partial charge in [-0.25, -0.2) is 9.96 Å². The number of benzene rings is 2. The lowest BCUT2D eigenvalue weighted by Crippen LogP contribution is -2.37. The van der Waals surface area contributed by atoms with Crippen molar-refractivity contribution in [2.24, 2.45) is 5.92 Å². The minimum Gasteiger partial charge on any atom is -0.497 e. The highest BCUT2D eigenvalue weighted by molar-refractivity contribution is 6.24. The maximum atomic E-state index is 13.4. The molecular formula is C22H18N2O5. The molecule has 0 spiro atoms. The summed E-state index contributed by atoms with van der Waals surface area (Å²) in [5.41, 5.74) is 1.21. The molecule has 5 rings (SSSR count). The van der Waals surface area contributed by atoms with Gasteiger partial charge in [-0.3, -0.25) is 14.4 Å². The number of hydroxylamine groups is 1. The van der Waals surface area contributed by atoms with Crippen LogP contribution in [0.5, 0.6) is 5.75 Å². The van der Waals surface area contributed by atoms with Gasteiger partial charge in [0.2, 0.25) is 5.91 Å². The Morgan fingerprint density at radius 2 is 1.69 bits per heavy atom.